The van der Waals surface area contributed by atoms with E-state index >= 15 is 0 Å². The molecule has 28 heavy (non-hydrogen) atoms. The third kappa shape index (κ3) is 4.33. The molecule has 0 bridgehead atoms. The van der Waals surface area contributed by atoms with Gasteiger partial charge in [0.05, 0.1) is 18.8 Å². The Labute approximate surface area is 166 Å². The van der Waals surface area contributed by atoms with Crippen LogP contribution in [0.4, 0.5) is 0 Å². The molecule has 0 radical (unpaired) electrons. The monoisotopic (exact) mass is 381 g/mol. The summed E-state index contributed by atoms with van der Waals surface area (Å²) in [4.78, 5) is 4.53. The van der Waals surface area contributed by atoms with E-state index in [0.717, 1.165) is 11.1 Å². The fourth-order valence-electron chi connectivity index (χ4n) is 3.65. The summed E-state index contributed by atoms with van der Waals surface area (Å²) in [6.45, 7) is 4.99. The fourth-order valence-corrected chi connectivity index (χ4v) is 3.65. The number of hydrogen-bond donors (Lipinski definition) is 1. The van der Waals surface area contributed by atoms with E-state index in [0.29, 0.717) is 13.2 Å². The molecule has 2 unspecified atom stereocenters. The van der Waals surface area contributed by atoms with Crippen molar-refractivity contribution in [2.24, 2.45) is 4.99 Å². The van der Waals surface area contributed by atoms with E-state index in [2.05, 4.69) is 4.99 Å². The highest BCUT2D eigenvalue weighted by Gasteiger charge is 2.60. The van der Waals surface area contributed by atoms with Gasteiger partial charge in [-0.25, -0.2) is 0 Å². The smallest absolute Gasteiger partial charge is 0.122 e. The first-order valence-corrected chi connectivity index (χ1v) is 9.75. The van der Waals surface area contributed by atoms with Gasteiger partial charge in [0, 0.05) is 6.21 Å². The zero-order chi connectivity index (χ0) is 19.6. The number of rotatable bonds is 7. The number of benzene rings is 2. The second-order valence-corrected chi connectivity index (χ2v) is 7.93. The summed E-state index contributed by atoms with van der Waals surface area (Å²) >= 11 is 0. The Morgan fingerprint density at radius 2 is 1.64 bits per heavy atom. The average molecular weight is 381 g/mol. The van der Waals surface area contributed by atoms with Crippen molar-refractivity contribution < 1.29 is 19.3 Å². The van der Waals surface area contributed by atoms with E-state index in [-0.39, 0.29) is 11.7 Å². The van der Waals surface area contributed by atoms with Crippen LogP contribution in [0.3, 0.4) is 0 Å². The number of aliphatic imine (C=N–C) groups is 1. The zero-order valence-electron chi connectivity index (χ0n) is 16.3. The number of aliphatic hydroxyl groups excluding tert-OH is 1. The van der Waals surface area contributed by atoms with Gasteiger partial charge in [-0.2, -0.15) is 0 Å². The van der Waals surface area contributed by atoms with Gasteiger partial charge in [-0.1, -0.05) is 60.7 Å². The van der Waals surface area contributed by atoms with E-state index in [4.69, 9.17) is 14.2 Å². The minimum absolute atomic E-state index is 0.127. The summed E-state index contributed by atoms with van der Waals surface area (Å²) in [7, 11) is 0. The van der Waals surface area contributed by atoms with Crippen LogP contribution in [-0.2, 0) is 27.4 Å². The minimum Gasteiger partial charge on any atom is -0.387 e. The van der Waals surface area contributed by atoms with Crippen LogP contribution in [0.1, 0.15) is 25.0 Å². The van der Waals surface area contributed by atoms with Crippen molar-refractivity contribution in [1.82, 2.24) is 0 Å². The number of ether oxygens (including phenoxy) is 3. The van der Waals surface area contributed by atoms with Crippen LogP contribution in [0.15, 0.2) is 65.7 Å². The standard InChI is InChI=1S/C23H27NO4/c1-23(2)22(28-23)21-19(25)20(26-15-17-11-7-4-8-12-17)18(27-21)14-24-13-16-9-5-3-6-10-16/h3-12,14,18-22,25H,13,15H2,1-2H3/t18-,19+,20-,21?,22?/m0/s1. The molecule has 1 N–H and O–H groups in total. The normalized spacial score (nSPS) is 31.3. The summed E-state index contributed by atoms with van der Waals surface area (Å²) in [6.07, 6.45) is -0.427. The van der Waals surface area contributed by atoms with Crippen LogP contribution in [0.25, 0.3) is 0 Å². The summed E-state index contributed by atoms with van der Waals surface area (Å²) in [5, 5.41) is 10.9. The van der Waals surface area contributed by atoms with Gasteiger partial charge in [0.2, 0.25) is 0 Å². The SMILES string of the molecule is CC1(C)OC1C1O[C@@H](C=NCc2ccccc2)[C@H](OCc2ccccc2)[C@H]1O. The third-order valence-electron chi connectivity index (χ3n) is 5.32. The first-order valence-electron chi connectivity index (χ1n) is 9.75. The van der Waals surface area contributed by atoms with E-state index in [1.54, 1.807) is 6.21 Å². The summed E-state index contributed by atoms with van der Waals surface area (Å²) in [5.41, 5.74) is 1.91. The lowest BCUT2D eigenvalue weighted by atomic mass is 10.00. The summed E-state index contributed by atoms with van der Waals surface area (Å²) < 4.78 is 17.9. The Balaban J connectivity index is 1.44. The van der Waals surface area contributed by atoms with E-state index in [9.17, 15) is 5.11 Å². The molecule has 0 aliphatic carbocycles. The maximum absolute atomic E-state index is 10.9. The van der Waals surface area contributed by atoms with Crippen LogP contribution >= 0.6 is 0 Å². The van der Waals surface area contributed by atoms with Gasteiger partial charge in [-0.05, 0) is 25.0 Å². The van der Waals surface area contributed by atoms with E-state index < -0.39 is 24.4 Å². The molecule has 2 aromatic carbocycles. The Morgan fingerprint density at radius 3 is 2.25 bits per heavy atom. The first-order chi connectivity index (χ1) is 13.5. The lowest BCUT2D eigenvalue weighted by Gasteiger charge is -2.19. The summed E-state index contributed by atoms with van der Waals surface area (Å²) in [6, 6.07) is 20.0. The van der Waals surface area contributed by atoms with Crippen LogP contribution < -0.4 is 0 Å². The van der Waals surface area contributed by atoms with Gasteiger partial charge in [-0.3, -0.25) is 4.99 Å². The topological polar surface area (TPSA) is 63.6 Å². The third-order valence-corrected chi connectivity index (χ3v) is 5.32. The maximum atomic E-state index is 10.9. The molecule has 5 heteroatoms. The second-order valence-electron chi connectivity index (χ2n) is 7.93. The molecule has 0 saturated carbocycles. The van der Waals surface area contributed by atoms with Crippen molar-refractivity contribution in [3.63, 3.8) is 0 Å². The molecule has 0 aromatic heterocycles. The van der Waals surface area contributed by atoms with Crippen molar-refractivity contribution >= 4 is 6.21 Å². The van der Waals surface area contributed by atoms with Gasteiger partial charge in [-0.15, -0.1) is 0 Å². The van der Waals surface area contributed by atoms with Crippen molar-refractivity contribution in [1.29, 1.82) is 0 Å². The van der Waals surface area contributed by atoms with Crippen molar-refractivity contribution in [3.8, 4) is 0 Å². The molecule has 5 atom stereocenters. The second kappa shape index (κ2) is 8.13. The molecule has 2 fully saturated rings. The van der Waals surface area contributed by atoms with Gasteiger partial charge >= 0.3 is 0 Å². The van der Waals surface area contributed by atoms with E-state index in [1.165, 1.54) is 0 Å². The van der Waals surface area contributed by atoms with Crippen molar-refractivity contribution in [2.45, 2.75) is 63.1 Å². The number of aliphatic hydroxyl groups is 1. The van der Waals surface area contributed by atoms with Gasteiger partial charge in [0.15, 0.2) is 0 Å². The Bertz CT molecular complexity index is 793. The molecular formula is C23H27NO4. The predicted molar refractivity (Wildman–Crippen MR) is 107 cm³/mol. The molecule has 4 rings (SSSR count). The van der Waals surface area contributed by atoms with Crippen LogP contribution in [0.2, 0.25) is 0 Å². The lowest BCUT2D eigenvalue weighted by Crippen LogP contribution is -2.38. The zero-order valence-corrected chi connectivity index (χ0v) is 16.3. The highest BCUT2D eigenvalue weighted by atomic mass is 16.7. The van der Waals surface area contributed by atoms with Gasteiger partial charge in [0.25, 0.3) is 0 Å². The highest BCUT2D eigenvalue weighted by molar-refractivity contribution is 5.65. The Morgan fingerprint density at radius 1 is 1.04 bits per heavy atom. The van der Waals surface area contributed by atoms with Crippen molar-refractivity contribution in [3.05, 3.63) is 71.8 Å². The summed E-state index contributed by atoms with van der Waals surface area (Å²) in [5.74, 6) is 0. The molecule has 2 aliphatic rings. The highest BCUT2D eigenvalue weighted by Crippen LogP contribution is 2.43. The van der Waals surface area contributed by atoms with Crippen molar-refractivity contribution in [2.75, 3.05) is 0 Å². The quantitative estimate of drug-likeness (QED) is 0.591. The van der Waals surface area contributed by atoms with Crippen LogP contribution in [-0.4, -0.2) is 47.4 Å². The van der Waals surface area contributed by atoms with Crippen LogP contribution in [0, 0.1) is 0 Å². The molecule has 0 spiro atoms. The molecule has 2 aliphatic heterocycles. The first kappa shape index (κ1) is 19.3. The predicted octanol–water partition coefficient (Wildman–Crippen LogP) is 3.15. The molecular weight excluding hydrogens is 354 g/mol. The molecule has 2 aromatic rings. The fraction of sp³-hybridized carbons (Fsp3) is 0.435. The van der Waals surface area contributed by atoms with Crippen LogP contribution in [0.5, 0.6) is 0 Å². The van der Waals surface area contributed by atoms with E-state index in [1.807, 2.05) is 74.5 Å². The molecule has 2 saturated heterocycles. The Kier molecular flexibility index (Phi) is 5.60. The Hall–Kier alpha value is -2.05. The van der Waals surface area contributed by atoms with Gasteiger partial charge in [0.1, 0.15) is 30.5 Å². The number of nitrogens with zero attached hydrogens (tertiary/aromatic N) is 1. The lowest BCUT2D eigenvalue weighted by molar-refractivity contribution is -0.0332. The minimum atomic E-state index is -0.760. The van der Waals surface area contributed by atoms with Gasteiger partial charge < -0.3 is 19.3 Å². The molecule has 148 valence electrons. The number of hydrogen-bond acceptors (Lipinski definition) is 5. The largest absolute Gasteiger partial charge is 0.387 e. The average Bonchev–Trinajstić information content (AvgIpc) is 3.22. The molecule has 2 heterocycles. The molecule has 0 amide bonds. The number of epoxide rings is 1. The maximum Gasteiger partial charge on any atom is 0.122 e. The molecule has 5 nitrogen and oxygen atoms in total.